The van der Waals surface area contributed by atoms with E-state index in [0.29, 0.717) is 16.8 Å². The minimum absolute atomic E-state index is 0. The first-order chi connectivity index (χ1) is 9.15. The van der Waals surface area contributed by atoms with E-state index >= 15 is 0 Å². The molecule has 20 heavy (non-hydrogen) atoms. The molecule has 108 valence electrons. The lowest BCUT2D eigenvalue weighted by Gasteiger charge is -2.10. The average Bonchev–Trinajstić information content (AvgIpc) is 3.01. The number of thioether (sulfide) groups is 1. The summed E-state index contributed by atoms with van der Waals surface area (Å²) in [6, 6.07) is 4.99. The van der Waals surface area contributed by atoms with Crippen molar-refractivity contribution in [1.29, 1.82) is 0 Å². The first-order valence-corrected chi connectivity index (χ1v) is 7.02. The van der Waals surface area contributed by atoms with Crippen molar-refractivity contribution in [2.75, 3.05) is 16.9 Å². The lowest BCUT2D eigenvalue weighted by molar-refractivity contribution is -0.117. The van der Waals surface area contributed by atoms with E-state index in [-0.39, 0.29) is 24.4 Å². The van der Waals surface area contributed by atoms with Crippen LogP contribution in [-0.2, 0) is 11.8 Å². The summed E-state index contributed by atoms with van der Waals surface area (Å²) in [5.41, 5.74) is 1.84. The zero-order chi connectivity index (χ0) is 13.4. The molecule has 2 heterocycles. The molecule has 1 aromatic carbocycles. The van der Waals surface area contributed by atoms with Crippen LogP contribution in [0.4, 0.5) is 5.69 Å². The lowest BCUT2D eigenvalue weighted by Crippen LogP contribution is -2.37. The van der Waals surface area contributed by atoms with Crippen LogP contribution in [0.5, 0.6) is 0 Å². The summed E-state index contributed by atoms with van der Waals surface area (Å²) in [5.74, 6) is 1.11. The fourth-order valence-corrected chi connectivity index (χ4v) is 2.94. The number of nitrogens with zero attached hydrogens (tertiary/aromatic N) is 1. The van der Waals surface area contributed by atoms with Crippen molar-refractivity contribution in [3.05, 3.63) is 28.7 Å². The highest BCUT2D eigenvalue weighted by molar-refractivity contribution is 7.99. The average molecular weight is 316 g/mol. The van der Waals surface area contributed by atoms with Gasteiger partial charge in [-0.1, -0.05) is 0 Å². The Morgan fingerprint density at radius 2 is 2.35 bits per heavy atom. The Labute approximate surface area is 125 Å². The maximum atomic E-state index is 12.0. The highest BCUT2D eigenvalue weighted by atomic mass is 35.5. The molecule has 6 nitrogen and oxygen atoms in total. The van der Waals surface area contributed by atoms with Crippen molar-refractivity contribution in [2.45, 2.75) is 6.04 Å². The Morgan fingerprint density at radius 3 is 3.05 bits per heavy atom. The molecule has 0 aliphatic carbocycles. The fraction of sp³-hybridized carbons (Fsp3) is 0.333. The van der Waals surface area contributed by atoms with Crippen LogP contribution in [0.3, 0.4) is 0 Å². The minimum Gasteiger partial charge on any atom is -0.408 e. The zero-order valence-electron chi connectivity index (χ0n) is 10.7. The number of aryl methyl sites for hydroxylation is 1. The molecule has 1 atom stereocenters. The summed E-state index contributed by atoms with van der Waals surface area (Å²) in [7, 11) is 1.63. The van der Waals surface area contributed by atoms with Crippen LogP contribution in [0.15, 0.2) is 27.4 Å². The van der Waals surface area contributed by atoms with E-state index in [9.17, 15) is 9.59 Å². The number of amides is 1. The third-order valence-electron chi connectivity index (χ3n) is 3.09. The number of oxazole rings is 1. The second kappa shape index (κ2) is 5.90. The van der Waals surface area contributed by atoms with E-state index in [0.717, 1.165) is 11.6 Å². The molecule has 1 amide bonds. The number of hydrogen-bond donors (Lipinski definition) is 2. The monoisotopic (exact) mass is 315 g/mol. The topological polar surface area (TPSA) is 76.3 Å². The molecule has 1 unspecified atom stereocenters. The molecular weight excluding hydrogens is 302 g/mol. The minimum atomic E-state index is -0.410. The van der Waals surface area contributed by atoms with Gasteiger partial charge in [0.25, 0.3) is 0 Å². The van der Waals surface area contributed by atoms with Gasteiger partial charge in [0.2, 0.25) is 5.91 Å². The largest absolute Gasteiger partial charge is 0.419 e. The summed E-state index contributed by atoms with van der Waals surface area (Å²) in [6.07, 6.45) is 0. The van der Waals surface area contributed by atoms with E-state index in [1.807, 2.05) is 0 Å². The zero-order valence-corrected chi connectivity index (χ0v) is 12.3. The maximum absolute atomic E-state index is 12.0. The normalized spacial score (nSPS) is 17.9. The van der Waals surface area contributed by atoms with E-state index < -0.39 is 5.76 Å². The Kier molecular flexibility index (Phi) is 4.42. The summed E-state index contributed by atoms with van der Waals surface area (Å²) < 4.78 is 6.45. The van der Waals surface area contributed by atoms with Crippen LogP contribution < -0.4 is 16.4 Å². The highest BCUT2D eigenvalue weighted by Gasteiger charge is 2.22. The van der Waals surface area contributed by atoms with Crippen molar-refractivity contribution >= 4 is 46.9 Å². The third kappa shape index (κ3) is 2.70. The number of anilines is 1. The van der Waals surface area contributed by atoms with Gasteiger partial charge in [0, 0.05) is 24.4 Å². The number of hydrogen-bond acceptors (Lipinski definition) is 5. The Hall–Kier alpha value is -1.44. The number of nitrogens with one attached hydrogen (secondary N) is 2. The summed E-state index contributed by atoms with van der Waals surface area (Å²) in [6.45, 7) is 0. The van der Waals surface area contributed by atoms with Crippen LogP contribution in [0, 0.1) is 0 Å². The molecule has 0 radical (unpaired) electrons. The van der Waals surface area contributed by atoms with Crippen molar-refractivity contribution in [1.82, 2.24) is 9.88 Å². The molecule has 0 spiro atoms. The van der Waals surface area contributed by atoms with Crippen LogP contribution in [-0.4, -0.2) is 28.1 Å². The van der Waals surface area contributed by atoms with E-state index in [2.05, 4.69) is 10.6 Å². The van der Waals surface area contributed by atoms with Gasteiger partial charge in [-0.05, 0) is 18.2 Å². The van der Waals surface area contributed by atoms with Crippen LogP contribution >= 0.6 is 24.2 Å². The van der Waals surface area contributed by atoms with E-state index in [1.165, 1.54) is 4.57 Å². The molecule has 1 saturated heterocycles. The fourth-order valence-electron chi connectivity index (χ4n) is 2.00. The number of fused-ring (bicyclic) bond motifs is 1. The van der Waals surface area contributed by atoms with Gasteiger partial charge in [-0.25, -0.2) is 4.79 Å². The maximum Gasteiger partial charge on any atom is 0.419 e. The van der Waals surface area contributed by atoms with Crippen molar-refractivity contribution in [2.24, 2.45) is 7.05 Å². The van der Waals surface area contributed by atoms with Crippen molar-refractivity contribution in [3.8, 4) is 0 Å². The molecule has 1 aromatic heterocycles. The molecule has 8 heteroatoms. The Morgan fingerprint density at radius 1 is 1.55 bits per heavy atom. The molecule has 2 N–H and O–H groups in total. The smallest absolute Gasteiger partial charge is 0.408 e. The number of benzene rings is 1. The van der Waals surface area contributed by atoms with Gasteiger partial charge < -0.3 is 9.73 Å². The van der Waals surface area contributed by atoms with Gasteiger partial charge in [0.1, 0.15) is 0 Å². The lowest BCUT2D eigenvalue weighted by atomic mass is 10.2. The first kappa shape index (κ1) is 15.0. The SMILES string of the molecule is Cl.Cn1c(=O)oc2ccc(NC(=O)C3CSCN3)cc21. The quantitative estimate of drug-likeness (QED) is 0.869. The van der Waals surface area contributed by atoms with Gasteiger partial charge in [0.15, 0.2) is 5.58 Å². The summed E-state index contributed by atoms with van der Waals surface area (Å²) in [4.78, 5) is 23.3. The number of carbonyl (C=O) groups is 1. The van der Waals surface area contributed by atoms with Gasteiger partial charge in [-0.15, -0.1) is 24.2 Å². The number of rotatable bonds is 2. The molecule has 3 rings (SSSR count). The number of aromatic nitrogens is 1. The Bertz CT molecular complexity index is 691. The van der Waals surface area contributed by atoms with Crippen molar-refractivity contribution in [3.63, 3.8) is 0 Å². The third-order valence-corrected chi connectivity index (χ3v) is 4.03. The molecular formula is C12H14ClN3O3S. The molecule has 1 aliphatic rings. The van der Waals surface area contributed by atoms with Gasteiger partial charge >= 0.3 is 5.76 Å². The standard InChI is InChI=1S/C12H13N3O3S.ClH/c1-15-9-4-7(2-3-10(9)18-12(15)17)14-11(16)8-5-19-6-13-8;/h2-4,8,13H,5-6H2,1H3,(H,14,16);1H. The van der Waals surface area contributed by atoms with Gasteiger partial charge in [-0.2, -0.15) is 0 Å². The molecule has 2 aromatic rings. The van der Waals surface area contributed by atoms with Crippen LogP contribution in [0.25, 0.3) is 11.1 Å². The van der Waals surface area contributed by atoms with E-state index in [1.54, 1.807) is 37.0 Å². The first-order valence-electron chi connectivity index (χ1n) is 5.87. The van der Waals surface area contributed by atoms with Gasteiger partial charge in [-0.3, -0.25) is 14.7 Å². The predicted octanol–water partition coefficient (Wildman–Crippen LogP) is 1.15. The molecule has 1 aliphatic heterocycles. The molecule has 0 saturated carbocycles. The van der Waals surface area contributed by atoms with E-state index in [4.69, 9.17) is 4.42 Å². The Balaban J connectivity index is 0.00000147. The number of halogens is 1. The second-order valence-electron chi connectivity index (χ2n) is 4.37. The highest BCUT2D eigenvalue weighted by Crippen LogP contribution is 2.19. The predicted molar refractivity (Wildman–Crippen MR) is 81.6 cm³/mol. The van der Waals surface area contributed by atoms with Crippen LogP contribution in [0.1, 0.15) is 0 Å². The van der Waals surface area contributed by atoms with Crippen LogP contribution in [0.2, 0.25) is 0 Å². The summed E-state index contributed by atoms with van der Waals surface area (Å²) >= 11 is 1.70. The molecule has 1 fully saturated rings. The summed E-state index contributed by atoms with van der Waals surface area (Å²) in [5, 5.41) is 5.95. The van der Waals surface area contributed by atoms with Crippen molar-refractivity contribution < 1.29 is 9.21 Å². The van der Waals surface area contributed by atoms with Gasteiger partial charge in [0.05, 0.1) is 11.6 Å². The molecule has 0 bridgehead atoms. The second-order valence-corrected chi connectivity index (χ2v) is 5.40. The number of carbonyl (C=O) groups excluding carboxylic acids is 1.